The molecule has 8 heteroatoms. The van der Waals surface area contributed by atoms with Gasteiger partial charge in [-0.3, -0.25) is 0 Å². The number of benzene rings is 2. The second-order valence-electron chi connectivity index (χ2n) is 11.0. The van der Waals surface area contributed by atoms with Crippen molar-refractivity contribution in [3.63, 3.8) is 0 Å². The Kier molecular flexibility index (Phi) is 10.1. The Bertz CT molecular complexity index is 1170. The van der Waals surface area contributed by atoms with Gasteiger partial charge in [-0.2, -0.15) is 0 Å². The number of imidazole rings is 1. The third-order valence-corrected chi connectivity index (χ3v) is 6.23. The number of carbonyl (C=O) groups excluding carboxylic acids is 1. The minimum atomic E-state index is -0.888. The van der Waals surface area contributed by atoms with Crippen LogP contribution in [0.5, 0.6) is 0 Å². The first-order valence-electron chi connectivity index (χ1n) is 13.1. The van der Waals surface area contributed by atoms with Gasteiger partial charge in [-0.15, -0.1) is 0 Å². The van der Waals surface area contributed by atoms with Crippen molar-refractivity contribution in [2.75, 3.05) is 0 Å². The number of rotatable bonds is 11. The molecule has 0 saturated carbocycles. The van der Waals surface area contributed by atoms with E-state index in [1.165, 1.54) is 0 Å². The average molecular weight is 521 g/mol. The molecule has 3 aromatic rings. The highest BCUT2D eigenvalue weighted by Crippen LogP contribution is 2.26. The number of alkyl carbamates (subject to hydrolysis) is 1. The van der Waals surface area contributed by atoms with Gasteiger partial charge in [-0.25, -0.2) is 9.78 Å². The minimum absolute atomic E-state index is 0.000236. The predicted octanol–water partition coefficient (Wildman–Crippen LogP) is 5.46. The molecule has 4 N–H and O–H groups in total. The van der Waals surface area contributed by atoms with Crippen LogP contribution in [0.1, 0.15) is 69.6 Å². The zero-order chi connectivity index (χ0) is 27.7. The highest BCUT2D eigenvalue weighted by molar-refractivity contribution is 5.99. The van der Waals surface area contributed by atoms with Crippen LogP contribution in [0.25, 0.3) is 0 Å². The Morgan fingerprint density at radius 2 is 1.61 bits per heavy atom. The fourth-order valence-corrected chi connectivity index (χ4v) is 4.41. The molecule has 3 atom stereocenters. The largest absolute Gasteiger partial charge is 0.444 e. The van der Waals surface area contributed by atoms with Crippen LogP contribution in [0.3, 0.4) is 0 Å². The van der Waals surface area contributed by atoms with Crippen molar-refractivity contribution in [1.29, 1.82) is 0 Å². The molecule has 0 saturated heterocycles. The standard InChI is InChI=1S/C30H40N4O4/c1-20(2)27(34-37)25-19-31-28(32-25)23(16-21-12-8-6-9-13-21)18-26(35)24(17-22-14-10-7-11-15-22)33-29(36)38-30(3,4)5/h6-15,19-20,23-24,26,35,37H,16-18H2,1-5H3,(H,31,32)(H,33,36)/b34-27+/t23-,24+,26+/m1/s1. The Morgan fingerprint density at radius 1 is 1.03 bits per heavy atom. The monoisotopic (exact) mass is 520 g/mol. The molecule has 0 aliphatic heterocycles. The number of aromatic amines is 1. The lowest BCUT2D eigenvalue weighted by Gasteiger charge is -2.29. The van der Waals surface area contributed by atoms with Crippen molar-refractivity contribution in [3.05, 3.63) is 89.5 Å². The second kappa shape index (κ2) is 13.2. The van der Waals surface area contributed by atoms with Gasteiger partial charge in [0.25, 0.3) is 0 Å². The lowest BCUT2D eigenvalue weighted by atomic mass is 9.89. The lowest BCUT2D eigenvalue weighted by Crippen LogP contribution is -2.47. The number of nitrogens with zero attached hydrogens (tertiary/aromatic N) is 2. The molecule has 38 heavy (non-hydrogen) atoms. The van der Waals surface area contributed by atoms with E-state index in [1.54, 1.807) is 27.0 Å². The van der Waals surface area contributed by atoms with Gasteiger partial charge in [0.1, 0.15) is 17.1 Å². The Balaban J connectivity index is 1.88. The number of aromatic nitrogens is 2. The average Bonchev–Trinajstić information content (AvgIpc) is 3.33. The molecule has 0 aliphatic carbocycles. The summed E-state index contributed by atoms with van der Waals surface area (Å²) in [6, 6.07) is 19.2. The number of nitrogens with one attached hydrogen (secondary N) is 2. The van der Waals surface area contributed by atoms with E-state index in [0.717, 1.165) is 11.1 Å². The summed E-state index contributed by atoms with van der Waals surface area (Å²) in [6.45, 7) is 9.30. The van der Waals surface area contributed by atoms with Gasteiger partial charge in [0.05, 0.1) is 24.0 Å². The van der Waals surface area contributed by atoms with E-state index in [9.17, 15) is 15.1 Å². The molecule has 0 radical (unpaired) electrons. The smallest absolute Gasteiger partial charge is 0.407 e. The van der Waals surface area contributed by atoms with Crippen molar-refractivity contribution >= 4 is 11.8 Å². The zero-order valence-electron chi connectivity index (χ0n) is 22.9. The van der Waals surface area contributed by atoms with Crippen molar-refractivity contribution in [2.45, 2.75) is 77.5 Å². The maximum Gasteiger partial charge on any atom is 0.407 e. The summed E-state index contributed by atoms with van der Waals surface area (Å²) in [5.41, 5.74) is 2.58. The summed E-state index contributed by atoms with van der Waals surface area (Å²) >= 11 is 0. The number of ether oxygens (including phenoxy) is 1. The SMILES string of the molecule is CC(C)/C(=N\O)c1cnc([C@H](Cc2ccccc2)C[C@H](O)[C@H](Cc2ccccc2)NC(=O)OC(C)(C)C)[nH]1. The van der Waals surface area contributed by atoms with Crippen LogP contribution in [-0.2, 0) is 17.6 Å². The van der Waals surface area contributed by atoms with Crippen LogP contribution < -0.4 is 5.32 Å². The van der Waals surface area contributed by atoms with Crippen molar-refractivity contribution in [1.82, 2.24) is 15.3 Å². The Morgan fingerprint density at radius 3 is 2.13 bits per heavy atom. The van der Waals surface area contributed by atoms with Gasteiger partial charge in [0, 0.05) is 11.8 Å². The normalized spacial score (nSPS) is 14.7. The summed E-state index contributed by atoms with van der Waals surface area (Å²) in [5.74, 6) is 0.493. The molecule has 0 spiro atoms. The van der Waals surface area contributed by atoms with Crippen LogP contribution in [0.15, 0.2) is 72.0 Å². The second-order valence-corrected chi connectivity index (χ2v) is 11.0. The number of carbonyl (C=O) groups is 1. The van der Waals surface area contributed by atoms with E-state index in [2.05, 4.69) is 20.4 Å². The third kappa shape index (κ3) is 8.73. The fourth-order valence-electron chi connectivity index (χ4n) is 4.41. The molecule has 1 amide bonds. The van der Waals surface area contributed by atoms with Crippen molar-refractivity contribution in [3.8, 4) is 0 Å². The molecule has 3 rings (SSSR count). The van der Waals surface area contributed by atoms with E-state index >= 15 is 0 Å². The number of amides is 1. The maximum atomic E-state index is 12.7. The lowest BCUT2D eigenvalue weighted by molar-refractivity contribution is 0.0404. The first kappa shape index (κ1) is 28.9. The molecule has 1 heterocycles. The molecular weight excluding hydrogens is 480 g/mol. The van der Waals surface area contributed by atoms with E-state index in [-0.39, 0.29) is 11.8 Å². The number of hydrogen-bond acceptors (Lipinski definition) is 6. The molecule has 2 aromatic carbocycles. The van der Waals surface area contributed by atoms with Gasteiger partial charge in [0.15, 0.2) is 0 Å². The number of aliphatic hydroxyl groups is 1. The van der Waals surface area contributed by atoms with Gasteiger partial charge in [-0.1, -0.05) is 79.7 Å². The first-order chi connectivity index (χ1) is 18.1. The fraction of sp³-hybridized carbons (Fsp3) is 0.433. The van der Waals surface area contributed by atoms with Crippen LogP contribution in [0.2, 0.25) is 0 Å². The predicted molar refractivity (Wildman–Crippen MR) is 149 cm³/mol. The highest BCUT2D eigenvalue weighted by Gasteiger charge is 2.29. The molecule has 0 bridgehead atoms. The van der Waals surface area contributed by atoms with Gasteiger partial charge >= 0.3 is 6.09 Å². The van der Waals surface area contributed by atoms with E-state index < -0.39 is 23.8 Å². The van der Waals surface area contributed by atoms with Crippen LogP contribution >= 0.6 is 0 Å². The molecule has 1 aromatic heterocycles. The summed E-state index contributed by atoms with van der Waals surface area (Å²) in [7, 11) is 0. The van der Waals surface area contributed by atoms with Crippen molar-refractivity contribution in [2.24, 2.45) is 11.1 Å². The number of aliphatic hydroxyl groups excluding tert-OH is 1. The van der Waals surface area contributed by atoms with Crippen molar-refractivity contribution < 1.29 is 19.8 Å². The molecule has 8 nitrogen and oxygen atoms in total. The van der Waals surface area contributed by atoms with Crippen LogP contribution in [0, 0.1) is 5.92 Å². The minimum Gasteiger partial charge on any atom is -0.444 e. The van der Waals surface area contributed by atoms with E-state index in [0.29, 0.717) is 36.5 Å². The third-order valence-electron chi connectivity index (χ3n) is 6.23. The van der Waals surface area contributed by atoms with E-state index in [1.807, 2.05) is 74.5 Å². The Labute approximate surface area is 225 Å². The summed E-state index contributed by atoms with van der Waals surface area (Å²) in [5, 5.41) is 27.3. The highest BCUT2D eigenvalue weighted by atomic mass is 16.6. The van der Waals surface area contributed by atoms with Crippen LogP contribution in [-0.4, -0.2) is 49.8 Å². The summed E-state index contributed by atoms with van der Waals surface area (Å²) in [6.07, 6.45) is 1.61. The van der Waals surface area contributed by atoms with Gasteiger partial charge in [0.2, 0.25) is 0 Å². The summed E-state index contributed by atoms with van der Waals surface area (Å²) < 4.78 is 5.49. The summed E-state index contributed by atoms with van der Waals surface area (Å²) in [4.78, 5) is 20.6. The number of oxime groups is 1. The zero-order valence-corrected chi connectivity index (χ0v) is 22.9. The number of hydrogen-bond donors (Lipinski definition) is 4. The topological polar surface area (TPSA) is 120 Å². The van der Waals surface area contributed by atoms with Crippen LogP contribution in [0.4, 0.5) is 4.79 Å². The van der Waals surface area contributed by atoms with Gasteiger partial charge in [-0.05, 0) is 51.2 Å². The quantitative estimate of drug-likeness (QED) is 0.152. The molecule has 0 fully saturated rings. The molecule has 0 unspecified atom stereocenters. The number of H-pyrrole nitrogens is 1. The molecule has 204 valence electrons. The molecule has 0 aliphatic rings. The van der Waals surface area contributed by atoms with E-state index in [4.69, 9.17) is 4.74 Å². The first-order valence-corrected chi connectivity index (χ1v) is 13.1. The van der Waals surface area contributed by atoms with Gasteiger partial charge < -0.3 is 25.4 Å². The maximum absolute atomic E-state index is 12.7. The Hall–Kier alpha value is -3.65. The molecular formula is C30H40N4O4.